The molecule has 0 aliphatic heterocycles. The van der Waals surface area contributed by atoms with Gasteiger partial charge in [-0.15, -0.1) is 0 Å². The average molecular weight is 224 g/mol. The number of carbonyl (C=O) groups excluding carboxylic acids is 1. The molecule has 2 N–H and O–H groups in total. The van der Waals surface area contributed by atoms with Gasteiger partial charge in [0.2, 0.25) is 0 Å². The number of hydrogen-bond donors (Lipinski definition) is 2. The van der Waals surface area contributed by atoms with Gasteiger partial charge >= 0.3 is 13.6 Å². The summed E-state index contributed by atoms with van der Waals surface area (Å²) in [6.07, 6.45) is -0.514. The molecule has 0 saturated heterocycles. The van der Waals surface area contributed by atoms with Crippen molar-refractivity contribution in [3.63, 3.8) is 0 Å². The van der Waals surface area contributed by atoms with Gasteiger partial charge in [0.15, 0.2) is 0 Å². The van der Waals surface area contributed by atoms with Gasteiger partial charge in [-0.1, -0.05) is 13.8 Å². The number of ether oxygens (including phenoxy) is 1. The van der Waals surface area contributed by atoms with Crippen LogP contribution in [0.25, 0.3) is 0 Å². The van der Waals surface area contributed by atoms with Crippen molar-refractivity contribution < 1.29 is 23.9 Å². The van der Waals surface area contributed by atoms with Crippen LogP contribution in [0.1, 0.15) is 27.2 Å². The van der Waals surface area contributed by atoms with E-state index in [0.29, 0.717) is 0 Å². The second-order valence-corrected chi connectivity index (χ2v) is 5.36. The summed E-state index contributed by atoms with van der Waals surface area (Å²) < 4.78 is 15.4. The van der Waals surface area contributed by atoms with E-state index in [2.05, 4.69) is 0 Å². The van der Waals surface area contributed by atoms with Gasteiger partial charge in [0.1, 0.15) is 0 Å². The van der Waals surface area contributed by atoms with Gasteiger partial charge in [-0.3, -0.25) is 9.36 Å². The van der Waals surface area contributed by atoms with E-state index in [-0.39, 0.29) is 24.5 Å². The number of rotatable bonds is 5. The summed E-state index contributed by atoms with van der Waals surface area (Å²) in [4.78, 5) is 28.2. The van der Waals surface area contributed by atoms with Gasteiger partial charge < -0.3 is 14.5 Å². The minimum atomic E-state index is -3.98. The SMILES string of the molecule is CC(CCP(=O)(O)O)OC(=O)C(C)C. The van der Waals surface area contributed by atoms with E-state index in [9.17, 15) is 9.36 Å². The lowest BCUT2D eigenvalue weighted by atomic mass is 10.2. The summed E-state index contributed by atoms with van der Waals surface area (Å²) in [6, 6.07) is 0. The lowest BCUT2D eigenvalue weighted by molar-refractivity contribution is -0.152. The van der Waals surface area contributed by atoms with Crippen LogP contribution < -0.4 is 0 Å². The molecule has 0 fully saturated rings. The lowest BCUT2D eigenvalue weighted by Gasteiger charge is -2.14. The van der Waals surface area contributed by atoms with Crippen molar-refractivity contribution in [2.45, 2.75) is 33.3 Å². The van der Waals surface area contributed by atoms with Gasteiger partial charge in [0.05, 0.1) is 18.2 Å². The van der Waals surface area contributed by atoms with Crippen molar-refractivity contribution in [1.82, 2.24) is 0 Å². The third-order valence-electron chi connectivity index (χ3n) is 1.62. The Morgan fingerprint density at radius 2 is 1.86 bits per heavy atom. The molecular formula is C8H17O5P. The van der Waals surface area contributed by atoms with Crippen LogP contribution in [0, 0.1) is 5.92 Å². The molecule has 1 unspecified atom stereocenters. The largest absolute Gasteiger partial charge is 0.462 e. The molecule has 0 radical (unpaired) electrons. The predicted molar refractivity (Wildman–Crippen MR) is 51.9 cm³/mol. The van der Waals surface area contributed by atoms with Crippen molar-refractivity contribution in [2.75, 3.05) is 6.16 Å². The Morgan fingerprint density at radius 3 is 2.21 bits per heavy atom. The first-order valence-corrected chi connectivity index (χ1v) is 6.27. The van der Waals surface area contributed by atoms with Gasteiger partial charge in [-0.25, -0.2) is 0 Å². The summed E-state index contributed by atoms with van der Waals surface area (Å²) in [5.74, 6) is -0.560. The number of hydrogen-bond acceptors (Lipinski definition) is 3. The second-order valence-electron chi connectivity index (χ2n) is 3.58. The first-order chi connectivity index (χ1) is 6.22. The highest BCUT2D eigenvalue weighted by atomic mass is 31.2. The molecule has 14 heavy (non-hydrogen) atoms. The van der Waals surface area contributed by atoms with Crippen LogP contribution in [-0.2, 0) is 14.1 Å². The van der Waals surface area contributed by atoms with Crippen LogP contribution >= 0.6 is 7.60 Å². The maximum absolute atomic E-state index is 11.1. The molecular weight excluding hydrogens is 207 g/mol. The highest BCUT2D eigenvalue weighted by Gasteiger charge is 2.18. The van der Waals surface area contributed by atoms with Crippen LogP contribution in [-0.4, -0.2) is 28.0 Å². The van der Waals surface area contributed by atoms with E-state index in [4.69, 9.17) is 14.5 Å². The average Bonchev–Trinajstić information content (AvgIpc) is 1.99. The van der Waals surface area contributed by atoms with Crippen molar-refractivity contribution in [3.8, 4) is 0 Å². The van der Waals surface area contributed by atoms with Crippen LogP contribution in [0.2, 0.25) is 0 Å². The molecule has 0 aromatic carbocycles. The highest BCUT2D eigenvalue weighted by Crippen LogP contribution is 2.35. The standard InChI is InChI=1S/C8H17O5P/c1-6(2)8(9)13-7(3)4-5-14(10,11)12/h6-7H,4-5H2,1-3H3,(H2,10,11,12). The first kappa shape index (κ1) is 13.6. The van der Waals surface area contributed by atoms with Crippen LogP contribution in [0.3, 0.4) is 0 Å². The Hall–Kier alpha value is -0.380. The Bertz CT molecular complexity index is 232. The predicted octanol–water partition coefficient (Wildman–Crippen LogP) is 1.14. The van der Waals surface area contributed by atoms with Crippen LogP contribution in [0.15, 0.2) is 0 Å². The topological polar surface area (TPSA) is 83.8 Å². The highest BCUT2D eigenvalue weighted by molar-refractivity contribution is 7.51. The van der Waals surface area contributed by atoms with E-state index in [0.717, 1.165) is 0 Å². The smallest absolute Gasteiger partial charge is 0.325 e. The van der Waals surface area contributed by atoms with Crippen molar-refractivity contribution in [1.29, 1.82) is 0 Å². The maximum Gasteiger partial charge on any atom is 0.325 e. The molecule has 84 valence electrons. The lowest BCUT2D eigenvalue weighted by Crippen LogP contribution is -2.19. The molecule has 0 heterocycles. The summed E-state index contributed by atoms with van der Waals surface area (Å²) in [5, 5.41) is 0. The fourth-order valence-corrected chi connectivity index (χ4v) is 1.44. The molecule has 0 saturated carbocycles. The fourth-order valence-electron chi connectivity index (χ4n) is 0.743. The quantitative estimate of drug-likeness (QED) is 0.540. The van der Waals surface area contributed by atoms with Crippen LogP contribution in [0.5, 0.6) is 0 Å². The van der Waals surface area contributed by atoms with Gasteiger partial charge in [-0.2, -0.15) is 0 Å². The second kappa shape index (κ2) is 5.49. The zero-order valence-corrected chi connectivity index (χ0v) is 9.53. The molecule has 0 amide bonds. The zero-order chi connectivity index (χ0) is 11.4. The van der Waals surface area contributed by atoms with Crippen molar-refractivity contribution >= 4 is 13.6 Å². The molecule has 0 spiro atoms. The monoisotopic (exact) mass is 224 g/mol. The van der Waals surface area contributed by atoms with E-state index >= 15 is 0 Å². The van der Waals surface area contributed by atoms with Gasteiger partial charge in [0, 0.05) is 0 Å². The van der Waals surface area contributed by atoms with Gasteiger partial charge in [0.25, 0.3) is 0 Å². The zero-order valence-electron chi connectivity index (χ0n) is 8.64. The Balaban J connectivity index is 3.82. The maximum atomic E-state index is 11.1. The van der Waals surface area contributed by atoms with Crippen molar-refractivity contribution in [3.05, 3.63) is 0 Å². The molecule has 0 aliphatic rings. The molecule has 5 nitrogen and oxygen atoms in total. The minimum absolute atomic E-state index is 0.183. The van der Waals surface area contributed by atoms with E-state index in [1.807, 2.05) is 0 Å². The summed E-state index contributed by atoms with van der Waals surface area (Å²) >= 11 is 0. The third kappa shape index (κ3) is 7.06. The Kier molecular flexibility index (Phi) is 5.34. The molecule has 0 aromatic rings. The molecule has 0 aliphatic carbocycles. The van der Waals surface area contributed by atoms with Crippen molar-refractivity contribution in [2.24, 2.45) is 5.92 Å². The normalized spacial score (nSPS) is 14.1. The molecule has 0 bridgehead atoms. The molecule has 0 aromatic heterocycles. The fraction of sp³-hybridized carbons (Fsp3) is 0.875. The molecule has 1 atom stereocenters. The number of esters is 1. The summed E-state index contributed by atoms with van der Waals surface area (Å²) in [5.41, 5.74) is 0. The molecule has 0 rings (SSSR count). The Morgan fingerprint density at radius 1 is 1.36 bits per heavy atom. The van der Waals surface area contributed by atoms with E-state index < -0.39 is 13.7 Å². The van der Waals surface area contributed by atoms with Crippen LogP contribution in [0.4, 0.5) is 0 Å². The molecule has 6 heteroatoms. The minimum Gasteiger partial charge on any atom is -0.462 e. The summed E-state index contributed by atoms with van der Waals surface area (Å²) in [6.45, 7) is 5.03. The van der Waals surface area contributed by atoms with Gasteiger partial charge in [-0.05, 0) is 13.3 Å². The third-order valence-corrected chi connectivity index (χ3v) is 2.46. The van der Waals surface area contributed by atoms with E-state index in [1.165, 1.54) is 0 Å². The van der Waals surface area contributed by atoms with E-state index in [1.54, 1.807) is 20.8 Å². The Labute approximate surface area is 83.6 Å². The number of carbonyl (C=O) groups is 1. The first-order valence-electron chi connectivity index (χ1n) is 4.47. The summed E-state index contributed by atoms with van der Waals surface area (Å²) in [7, 11) is -3.98.